The quantitative estimate of drug-likeness (QED) is 0.359. The van der Waals surface area contributed by atoms with E-state index in [2.05, 4.69) is 0 Å². The van der Waals surface area contributed by atoms with E-state index < -0.39 is 6.10 Å². The maximum Gasteiger partial charge on any atom is 0.178 e. The van der Waals surface area contributed by atoms with Gasteiger partial charge in [0, 0.05) is 0 Å². The second-order valence-electron chi connectivity index (χ2n) is 1.67. The Hall–Kier alpha value is -1.52. The number of hydrogen-bond acceptors (Lipinski definition) is 4. The maximum absolute atomic E-state index is 8.81. The van der Waals surface area contributed by atoms with E-state index in [1.54, 1.807) is 13.0 Å². The molecule has 1 N–H and O–H groups in total. The summed E-state index contributed by atoms with van der Waals surface area (Å²) in [5.74, 6) is 0. The summed E-state index contributed by atoms with van der Waals surface area (Å²) in [7, 11) is 0. The van der Waals surface area contributed by atoms with Crippen LogP contribution in [0.5, 0.6) is 0 Å². The zero-order valence-electron chi connectivity index (χ0n) is 6.11. The standard InChI is InChI=1S/C7H8N2O2/c1-2-11-5-6(3-8)7(10)4-9/h5,7,10H,2H2,1H3/b6-5+. The lowest BCUT2D eigenvalue weighted by Crippen LogP contribution is -2.05. The van der Waals surface area contributed by atoms with Gasteiger partial charge in [-0.15, -0.1) is 0 Å². The lowest BCUT2D eigenvalue weighted by atomic mass is 10.2. The topological polar surface area (TPSA) is 77.0 Å². The van der Waals surface area contributed by atoms with Gasteiger partial charge >= 0.3 is 0 Å². The summed E-state index contributed by atoms with van der Waals surface area (Å²) < 4.78 is 4.71. The van der Waals surface area contributed by atoms with Gasteiger partial charge in [-0.05, 0) is 6.92 Å². The zero-order valence-corrected chi connectivity index (χ0v) is 6.11. The van der Waals surface area contributed by atoms with Gasteiger partial charge in [0.1, 0.15) is 17.9 Å². The van der Waals surface area contributed by atoms with Gasteiger partial charge in [0.25, 0.3) is 0 Å². The van der Waals surface area contributed by atoms with E-state index in [1.807, 2.05) is 0 Å². The second-order valence-corrected chi connectivity index (χ2v) is 1.67. The van der Waals surface area contributed by atoms with Crippen molar-refractivity contribution in [2.75, 3.05) is 6.61 Å². The first kappa shape index (κ1) is 9.48. The average molecular weight is 152 g/mol. The molecule has 0 aliphatic heterocycles. The van der Waals surface area contributed by atoms with Crippen LogP contribution < -0.4 is 0 Å². The van der Waals surface area contributed by atoms with E-state index in [9.17, 15) is 0 Å². The van der Waals surface area contributed by atoms with Crippen molar-refractivity contribution in [1.82, 2.24) is 0 Å². The Kier molecular flexibility index (Phi) is 4.55. The summed E-state index contributed by atoms with van der Waals surface area (Å²) in [4.78, 5) is 0. The molecule has 4 nitrogen and oxygen atoms in total. The van der Waals surface area contributed by atoms with Crippen LogP contribution in [-0.4, -0.2) is 17.8 Å². The minimum absolute atomic E-state index is 0.0747. The molecule has 0 saturated heterocycles. The third-order valence-corrected chi connectivity index (χ3v) is 0.923. The summed E-state index contributed by atoms with van der Waals surface area (Å²) in [6, 6.07) is 3.16. The first-order chi connectivity index (χ1) is 5.26. The molecule has 0 rings (SSSR count). The monoisotopic (exact) mass is 152 g/mol. The maximum atomic E-state index is 8.81. The Labute approximate surface area is 64.9 Å². The molecule has 0 fully saturated rings. The van der Waals surface area contributed by atoms with Crippen LogP contribution in [0.25, 0.3) is 0 Å². The molecule has 0 bridgehead atoms. The highest BCUT2D eigenvalue weighted by molar-refractivity contribution is 5.28. The normalized spacial score (nSPS) is 12.9. The van der Waals surface area contributed by atoms with Crippen molar-refractivity contribution in [3.63, 3.8) is 0 Å². The summed E-state index contributed by atoms with van der Waals surface area (Å²) in [6.07, 6.45) is -0.292. The third kappa shape index (κ3) is 3.24. The van der Waals surface area contributed by atoms with Gasteiger partial charge in [-0.1, -0.05) is 0 Å². The Morgan fingerprint density at radius 1 is 1.73 bits per heavy atom. The number of nitriles is 2. The van der Waals surface area contributed by atoms with Crippen LogP contribution in [-0.2, 0) is 4.74 Å². The average Bonchev–Trinajstić information content (AvgIpc) is 2.05. The smallest absolute Gasteiger partial charge is 0.178 e. The largest absolute Gasteiger partial charge is 0.500 e. The molecular weight excluding hydrogens is 144 g/mol. The number of ether oxygens (including phenoxy) is 1. The lowest BCUT2D eigenvalue weighted by Gasteiger charge is -1.98. The van der Waals surface area contributed by atoms with E-state index in [0.717, 1.165) is 6.26 Å². The van der Waals surface area contributed by atoms with Crippen LogP contribution in [0.3, 0.4) is 0 Å². The molecule has 0 radical (unpaired) electrons. The van der Waals surface area contributed by atoms with Gasteiger partial charge in [-0.25, -0.2) is 0 Å². The lowest BCUT2D eigenvalue weighted by molar-refractivity contribution is 0.239. The van der Waals surface area contributed by atoms with Crippen LogP contribution in [0, 0.1) is 22.7 Å². The second kappa shape index (κ2) is 5.28. The van der Waals surface area contributed by atoms with Crippen LogP contribution in [0.2, 0.25) is 0 Å². The molecule has 0 aliphatic carbocycles. The number of aliphatic hydroxyl groups is 1. The minimum atomic E-state index is -1.38. The van der Waals surface area contributed by atoms with Crippen LogP contribution >= 0.6 is 0 Å². The van der Waals surface area contributed by atoms with Crippen molar-refractivity contribution < 1.29 is 9.84 Å². The minimum Gasteiger partial charge on any atom is -0.500 e. The van der Waals surface area contributed by atoms with E-state index in [0.29, 0.717) is 6.61 Å². The Morgan fingerprint density at radius 3 is 2.73 bits per heavy atom. The van der Waals surface area contributed by atoms with Crippen LogP contribution in [0.15, 0.2) is 11.8 Å². The van der Waals surface area contributed by atoms with Gasteiger partial charge in [-0.2, -0.15) is 10.5 Å². The molecule has 1 atom stereocenters. The van der Waals surface area contributed by atoms with Gasteiger partial charge in [0.05, 0.1) is 12.7 Å². The van der Waals surface area contributed by atoms with Crippen molar-refractivity contribution in [1.29, 1.82) is 10.5 Å². The first-order valence-corrected chi connectivity index (χ1v) is 3.05. The highest BCUT2D eigenvalue weighted by Gasteiger charge is 2.07. The zero-order chi connectivity index (χ0) is 8.69. The predicted octanol–water partition coefficient (Wildman–Crippen LogP) is 0.315. The van der Waals surface area contributed by atoms with Crippen molar-refractivity contribution >= 4 is 0 Å². The summed E-state index contributed by atoms with van der Waals surface area (Å²) in [5, 5.41) is 25.3. The van der Waals surface area contributed by atoms with Gasteiger partial charge in [0.2, 0.25) is 0 Å². The summed E-state index contributed by atoms with van der Waals surface area (Å²) in [6.45, 7) is 2.15. The number of rotatable bonds is 3. The third-order valence-electron chi connectivity index (χ3n) is 0.923. The number of hydrogen-bond donors (Lipinski definition) is 1. The molecule has 0 spiro atoms. The van der Waals surface area contributed by atoms with E-state index in [-0.39, 0.29) is 5.57 Å². The summed E-state index contributed by atoms with van der Waals surface area (Å²) >= 11 is 0. The molecule has 58 valence electrons. The first-order valence-electron chi connectivity index (χ1n) is 3.05. The Balaban J connectivity index is 4.21. The highest BCUT2D eigenvalue weighted by Crippen LogP contribution is 1.99. The molecule has 0 heterocycles. The Bertz CT molecular complexity index is 222. The SMILES string of the molecule is CCO/C=C(\C#N)C(O)C#N. The van der Waals surface area contributed by atoms with E-state index >= 15 is 0 Å². The molecule has 0 aromatic carbocycles. The number of nitrogens with zero attached hydrogens (tertiary/aromatic N) is 2. The fraction of sp³-hybridized carbons (Fsp3) is 0.429. The molecule has 0 amide bonds. The van der Waals surface area contributed by atoms with Crippen molar-refractivity contribution in [2.24, 2.45) is 0 Å². The summed E-state index contributed by atoms with van der Waals surface area (Å²) in [5.41, 5.74) is -0.0747. The number of aliphatic hydroxyl groups excluding tert-OH is 1. The molecule has 0 aromatic heterocycles. The molecule has 4 heteroatoms. The fourth-order valence-corrected chi connectivity index (χ4v) is 0.395. The van der Waals surface area contributed by atoms with E-state index in [1.165, 1.54) is 6.07 Å². The van der Waals surface area contributed by atoms with Crippen molar-refractivity contribution in [3.8, 4) is 12.1 Å². The molecule has 0 aromatic rings. The predicted molar refractivity (Wildman–Crippen MR) is 36.9 cm³/mol. The van der Waals surface area contributed by atoms with Crippen LogP contribution in [0.1, 0.15) is 6.92 Å². The van der Waals surface area contributed by atoms with Crippen molar-refractivity contribution in [2.45, 2.75) is 13.0 Å². The van der Waals surface area contributed by atoms with Gasteiger partial charge in [-0.3, -0.25) is 0 Å². The fourth-order valence-electron chi connectivity index (χ4n) is 0.395. The van der Waals surface area contributed by atoms with Gasteiger partial charge in [0.15, 0.2) is 6.10 Å². The molecule has 11 heavy (non-hydrogen) atoms. The molecule has 0 aliphatic rings. The molecule has 0 saturated carbocycles. The molecule has 1 unspecified atom stereocenters. The molecular formula is C7H8N2O2. The van der Waals surface area contributed by atoms with Crippen LogP contribution in [0.4, 0.5) is 0 Å². The Morgan fingerprint density at radius 2 is 2.36 bits per heavy atom. The van der Waals surface area contributed by atoms with Gasteiger partial charge < -0.3 is 9.84 Å². The van der Waals surface area contributed by atoms with E-state index in [4.69, 9.17) is 20.4 Å². The highest BCUT2D eigenvalue weighted by atomic mass is 16.5. The van der Waals surface area contributed by atoms with Crippen molar-refractivity contribution in [3.05, 3.63) is 11.8 Å².